The van der Waals surface area contributed by atoms with Crippen molar-refractivity contribution in [1.29, 1.82) is 5.26 Å². The third-order valence-corrected chi connectivity index (χ3v) is 4.57. The van der Waals surface area contributed by atoms with Gasteiger partial charge in [-0.1, -0.05) is 6.92 Å². The Morgan fingerprint density at radius 3 is 2.72 bits per heavy atom. The molecule has 0 aromatic carbocycles. The van der Waals surface area contributed by atoms with Crippen molar-refractivity contribution < 1.29 is 9.53 Å². The van der Waals surface area contributed by atoms with E-state index in [9.17, 15) is 10.1 Å². The van der Waals surface area contributed by atoms with Crippen LogP contribution in [-0.4, -0.2) is 40.2 Å². The molecule has 0 spiro atoms. The molecule has 5 nitrogen and oxygen atoms in total. The zero-order valence-electron chi connectivity index (χ0n) is 16.2. The Balaban J connectivity index is 2.30. The van der Waals surface area contributed by atoms with E-state index in [4.69, 9.17) is 4.74 Å². The standard InChI is InChI=1S/C20H29N3O2/c1-7-8-23-14(2)9-17(16(23)4)10-18(11-21)19(24)22-12-15(3)25-20(5,6)13-22/h9-10,15H,7-8,12-13H2,1-6H3/b18-10+/t15-/m1/s1. The zero-order chi connectivity index (χ0) is 18.8. The Kier molecular flexibility index (Phi) is 5.74. The number of ether oxygens (including phenoxy) is 1. The molecule has 2 rings (SSSR count). The van der Waals surface area contributed by atoms with Crippen molar-refractivity contribution in [1.82, 2.24) is 9.47 Å². The van der Waals surface area contributed by atoms with Gasteiger partial charge in [-0.25, -0.2) is 0 Å². The molecule has 1 aromatic heterocycles. The second-order valence-corrected chi connectivity index (χ2v) is 7.52. The molecule has 0 aliphatic carbocycles. The summed E-state index contributed by atoms with van der Waals surface area (Å²) in [6, 6.07) is 4.14. The molecule has 0 N–H and O–H groups in total. The van der Waals surface area contributed by atoms with Gasteiger partial charge in [0.15, 0.2) is 0 Å². The molecule has 2 heterocycles. The number of morpholine rings is 1. The SMILES string of the molecule is CCCn1c(C)cc(/C=C(\C#N)C(=O)N2C[C@@H](C)OC(C)(C)C2)c1C. The normalized spacial score (nSPS) is 20.4. The number of aromatic nitrogens is 1. The summed E-state index contributed by atoms with van der Waals surface area (Å²) in [7, 11) is 0. The van der Waals surface area contributed by atoms with Crippen LogP contribution >= 0.6 is 0 Å². The van der Waals surface area contributed by atoms with E-state index in [1.165, 1.54) is 0 Å². The molecule has 1 aliphatic rings. The minimum absolute atomic E-state index is 0.0396. The number of nitriles is 1. The summed E-state index contributed by atoms with van der Waals surface area (Å²) in [4.78, 5) is 14.6. The van der Waals surface area contributed by atoms with Gasteiger partial charge in [0.1, 0.15) is 11.6 Å². The molecule has 1 aliphatic heterocycles. The molecule has 5 heteroatoms. The molecule has 0 radical (unpaired) electrons. The molecule has 0 saturated carbocycles. The van der Waals surface area contributed by atoms with Crippen molar-refractivity contribution in [2.45, 2.75) is 66.2 Å². The van der Waals surface area contributed by atoms with Crippen LogP contribution in [0, 0.1) is 25.2 Å². The van der Waals surface area contributed by atoms with Crippen molar-refractivity contribution in [3.8, 4) is 6.07 Å². The molecule has 1 aromatic rings. The quantitative estimate of drug-likeness (QED) is 0.621. The van der Waals surface area contributed by atoms with Gasteiger partial charge in [-0.05, 0) is 58.7 Å². The first-order chi connectivity index (χ1) is 11.7. The molecule has 1 atom stereocenters. The molecule has 136 valence electrons. The van der Waals surface area contributed by atoms with Gasteiger partial charge in [-0.2, -0.15) is 5.26 Å². The molecular formula is C20H29N3O2. The Labute approximate surface area is 150 Å². The van der Waals surface area contributed by atoms with E-state index in [0.717, 1.165) is 29.9 Å². The first-order valence-electron chi connectivity index (χ1n) is 8.94. The van der Waals surface area contributed by atoms with E-state index in [1.54, 1.807) is 11.0 Å². The summed E-state index contributed by atoms with van der Waals surface area (Å²) in [6.45, 7) is 14.1. The molecule has 1 amide bonds. The number of rotatable bonds is 4. The van der Waals surface area contributed by atoms with Crippen LogP contribution in [0.1, 0.15) is 51.1 Å². The van der Waals surface area contributed by atoms with E-state index < -0.39 is 5.60 Å². The topological polar surface area (TPSA) is 58.3 Å². The third-order valence-electron chi connectivity index (χ3n) is 4.57. The van der Waals surface area contributed by atoms with Crippen molar-refractivity contribution in [3.05, 3.63) is 28.6 Å². The van der Waals surface area contributed by atoms with E-state index >= 15 is 0 Å². The summed E-state index contributed by atoms with van der Waals surface area (Å²) in [5, 5.41) is 9.55. The van der Waals surface area contributed by atoms with Gasteiger partial charge in [0, 0.05) is 31.0 Å². The van der Waals surface area contributed by atoms with Crippen LogP contribution in [0.3, 0.4) is 0 Å². The average Bonchev–Trinajstić information content (AvgIpc) is 2.78. The number of nitrogens with zero attached hydrogens (tertiary/aromatic N) is 3. The first-order valence-corrected chi connectivity index (χ1v) is 8.94. The zero-order valence-corrected chi connectivity index (χ0v) is 16.2. The van der Waals surface area contributed by atoms with Crippen LogP contribution in [-0.2, 0) is 16.1 Å². The maximum atomic E-state index is 12.9. The van der Waals surface area contributed by atoms with Gasteiger partial charge < -0.3 is 14.2 Å². The molecule has 1 fully saturated rings. The third kappa shape index (κ3) is 4.32. The highest BCUT2D eigenvalue weighted by Gasteiger charge is 2.34. The smallest absolute Gasteiger partial charge is 0.264 e. The molecular weight excluding hydrogens is 314 g/mol. The largest absolute Gasteiger partial charge is 0.369 e. The maximum Gasteiger partial charge on any atom is 0.264 e. The fourth-order valence-corrected chi connectivity index (χ4v) is 3.62. The Bertz CT molecular complexity index is 722. The highest BCUT2D eigenvalue weighted by atomic mass is 16.5. The van der Waals surface area contributed by atoms with Crippen molar-refractivity contribution in [2.75, 3.05) is 13.1 Å². The Morgan fingerprint density at radius 2 is 2.16 bits per heavy atom. The lowest BCUT2D eigenvalue weighted by atomic mass is 10.0. The van der Waals surface area contributed by atoms with Gasteiger partial charge >= 0.3 is 0 Å². The summed E-state index contributed by atoms with van der Waals surface area (Å²) in [6.07, 6.45) is 2.73. The Morgan fingerprint density at radius 1 is 1.48 bits per heavy atom. The van der Waals surface area contributed by atoms with Gasteiger partial charge in [-0.3, -0.25) is 4.79 Å². The lowest BCUT2D eigenvalue weighted by Crippen LogP contribution is -2.54. The van der Waals surface area contributed by atoms with Gasteiger partial charge in [-0.15, -0.1) is 0 Å². The van der Waals surface area contributed by atoms with E-state index in [1.807, 2.05) is 33.8 Å². The summed E-state index contributed by atoms with van der Waals surface area (Å²) in [5.74, 6) is -0.217. The fourth-order valence-electron chi connectivity index (χ4n) is 3.62. The predicted molar refractivity (Wildman–Crippen MR) is 99.0 cm³/mol. The maximum absolute atomic E-state index is 12.9. The average molecular weight is 343 g/mol. The molecule has 25 heavy (non-hydrogen) atoms. The van der Waals surface area contributed by atoms with Crippen LogP contribution in [0.5, 0.6) is 0 Å². The minimum Gasteiger partial charge on any atom is -0.369 e. The Hall–Kier alpha value is -2.06. The second kappa shape index (κ2) is 7.45. The van der Waals surface area contributed by atoms with Crippen molar-refractivity contribution in [3.63, 3.8) is 0 Å². The number of carbonyl (C=O) groups is 1. The highest BCUT2D eigenvalue weighted by Crippen LogP contribution is 2.24. The number of aryl methyl sites for hydroxylation is 1. The van der Waals surface area contributed by atoms with E-state index in [-0.39, 0.29) is 17.6 Å². The van der Waals surface area contributed by atoms with Crippen LogP contribution in [0.2, 0.25) is 0 Å². The number of carbonyl (C=O) groups excluding carboxylic acids is 1. The van der Waals surface area contributed by atoms with E-state index in [2.05, 4.69) is 24.5 Å². The summed E-state index contributed by atoms with van der Waals surface area (Å²) < 4.78 is 8.08. The molecule has 0 unspecified atom stereocenters. The summed E-state index contributed by atoms with van der Waals surface area (Å²) in [5.41, 5.74) is 2.97. The van der Waals surface area contributed by atoms with Crippen molar-refractivity contribution >= 4 is 12.0 Å². The van der Waals surface area contributed by atoms with Crippen LogP contribution < -0.4 is 0 Å². The lowest BCUT2D eigenvalue weighted by molar-refractivity contribution is -0.154. The van der Waals surface area contributed by atoms with Crippen LogP contribution in [0.15, 0.2) is 11.6 Å². The highest BCUT2D eigenvalue weighted by molar-refractivity contribution is 6.02. The predicted octanol–water partition coefficient (Wildman–Crippen LogP) is 3.45. The molecule has 1 saturated heterocycles. The lowest BCUT2D eigenvalue weighted by Gasteiger charge is -2.41. The van der Waals surface area contributed by atoms with Gasteiger partial charge in [0.25, 0.3) is 5.91 Å². The summed E-state index contributed by atoms with van der Waals surface area (Å²) >= 11 is 0. The van der Waals surface area contributed by atoms with Crippen LogP contribution in [0.4, 0.5) is 0 Å². The minimum atomic E-state index is -0.398. The van der Waals surface area contributed by atoms with Gasteiger partial charge in [0.05, 0.1) is 11.7 Å². The first kappa shape index (κ1) is 19.3. The van der Waals surface area contributed by atoms with Crippen molar-refractivity contribution in [2.24, 2.45) is 0 Å². The second-order valence-electron chi connectivity index (χ2n) is 7.52. The van der Waals surface area contributed by atoms with Gasteiger partial charge in [0.2, 0.25) is 0 Å². The molecule has 0 bridgehead atoms. The number of hydrogen-bond acceptors (Lipinski definition) is 3. The number of amides is 1. The van der Waals surface area contributed by atoms with Crippen LogP contribution in [0.25, 0.3) is 6.08 Å². The van der Waals surface area contributed by atoms with E-state index in [0.29, 0.717) is 13.1 Å². The monoisotopic (exact) mass is 343 g/mol. The fraction of sp³-hybridized carbons (Fsp3) is 0.600. The number of hydrogen-bond donors (Lipinski definition) is 0.